The van der Waals surface area contributed by atoms with Gasteiger partial charge in [0.25, 0.3) is 15.9 Å². The number of carbonyl (C=O) groups excluding carboxylic acids is 1. The summed E-state index contributed by atoms with van der Waals surface area (Å²) in [6.07, 6.45) is -4.57. The van der Waals surface area contributed by atoms with Gasteiger partial charge < -0.3 is 15.2 Å². The molecule has 3 rings (SSSR count). The second kappa shape index (κ2) is 9.43. The average molecular weight is 494 g/mol. The smallest absolute Gasteiger partial charge is 0.416 e. The molecule has 1 amide bonds. The third-order valence-electron chi connectivity index (χ3n) is 4.58. The zero-order valence-electron chi connectivity index (χ0n) is 17.4. The van der Waals surface area contributed by atoms with E-state index in [0.717, 1.165) is 30.3 Å². The van der Waals surface area contributed by atoms with Crippen LogP contribution in [0.3, 0.4) is 0 Å². The number of anilines is 2. The lowest BCUT2D eigenvalue weighted by Gasteiger charge is -2.12. The first-order chi connectivity index (χ1) is 15.9. The maximum absolute atomic E-state index is 12.7. The summed E-state index contributed by atoms with van der Waals surface area (Å²) in [5.41, 5.74) is -1.40. The van der Waals surface area contributed by atoms with Crippen molar-refractivity contribution in [1.82, 2.24) is 0 Å². The molecule has 178 valence electrons. The third-order valence-corrected chi connectivity index (χ3v) is 5.96. The third kappa shape index (κ3) is 5.64. The van der Waals surface area contributed by atoms with Crippen molar-refractivity contribution in [3.63, 3.8) is 0 Å². The van der Waals surface area contributed by atoms with Crippen molar-refractivity contribution in [3.8, 4) is 5.75 Å². The molecule has 34 heavy (non-hydrogen) atoms. The molecule has 3 N–H and O–H groups in total. The van der Waals surface area contributed by atoms with E-state index in [4.69, 9.17) is 4.74 Å². The minimum Gasteiger partial charge on any atom is -0.497 e. The van der Waals surface area contributed by atoms with Gasteiger partial charge in [0, 0.05) is 11.3 Å². The fourth-order valence-corrected chi connectivity index (χ4v) is 3.98. The van der Waals surface area contributed by atoms with Gasteiger partial charge in [0.15, 0.2) is 0 Å². The van der Waals surface area contributed by atoms with Crippen molar-refractivity contribution in [1.29, 1.82) is 0 Å². The highest BCUT2D eigenvalue weighted by Gasteiger charge is 2.30. The van der Waals surface area contributed by atoms with Crippen LogP contribution in [0.15, 0.2) is 71.6 Å². The Morgan fingerprint density at radius 3 is 2.24 bits per heavy atom. The highest BCUT2D eigenvalue weighted by molar-refractivity contribution is 7.92. The first-order valence-corrected chi connectivity index (χ1v) is 10.9. The number of sulfonamides is 1. The number of benzene rings is 3. The number of carbonyl (C=O) groups is 2. The summed E-state index contributed by atoms with van der Waals surface area (Å²) in [7, 11) is -2.89. The lowest BCUT2D eigenvalue weighted by atomic mass is 10.1. The Bertz CT molecular complexity index is 1340. The number of amides is 1. The summed E-state index contributed by atoms with van der Waals surface area (Å²) in [5, 5.41) is 11.8. The van der Waals surface area contributed by atoms with E-state index < -0.39 is 33.6 Å². The summed E-state index contributed by atoms with van der Waals surface area (Å²) in [6, 6.07) is 12.2. The van der Waals surface area contributed by atoms with Crippen LogP contribution in [0.25, 0.3) is 0 Å². The minimum absolute atomic E-state index is 0.0329. The molecule has 3 aromatic rings. The quantitative estimate of drug-likeness (QED) is 0.446. The Kier molecular flexibility index (Phi) is 6.82. The van der Waals surface area contributed by atoms with E-state index in [-0.39, 0.29) is 33.1 Å². The number of carboxylic acids is 1. The van der Waals surface area contributed by atoms with E-state index >= 15 is 0 Å². The van der Waals surface area contributed by atoms with Crippen molar-refractivity contribution < 1.29 is 41.0 Å². The second-order valence-corrected chi connectivity index (χ2v) is 8.56. The molecule has 0 spiro atoms. The lowest BCUT2D eigenvalue weighted by molar-refractivity contribution is -0.137. The summed E-state index contributed by atoms with van der Waals surface area (Å²) in [4.78, 5) is 23.8. The lowest BCUT2D eigenvalue weighted by Crippen LogP contribution is -2.17. The average Bonchev–Trinajstić information content (AvgIpc) is 2.78. The van der Waals surface area contributed by atoms with E-state index in [9.17, 15) is 36.3 Å². The Balaban J connectivity index is 1.83. The largest absolute Gasteiger partial charge is 0.497 e. The molecule has 0 atom stereocenters. The van der Waals surface area contributed by atoms with Crippen molar-refractivity contribution in [3.05, 3.63) is 83.4 Å². The topological polar surface area (TPSA) is 122 Å². The SMILES string of the molecule is COc1ccc(NC(=O)c2cccc(S(=O)(=O)Nc3ccc(C(F)(F)F)cc3)c2)c(C(=O)O)c1. The van der Waals surface area contributed by atoms with Crippen LogP contribution in [0.2, 0.25) is 0 Å². The summed E-state index contributed by atoms with van der Waals surface area (Å²) < 4.78 is 70.5. The molecule has 0 aliphatic rings. The van der Waals surface area contributed by atoms with Gasteiger partial charge in [0.1, 0.15) is 5.75 Å². The highest BCUT2D eigenvalue weighted by Crippen LogP contribution is 2.30. The standard InChI is InChI=1S/C22H17F3N2O6S/c1-33-16-9-10-19(18(12-16)21(29)30)26-20(28)13-3-2-4-17(11-13)34(31,32)27-15-7-5-14(6-8-15)22(23,24)25/h2-12,27H,1H3,(H,26,28)(H,29,30). The molecule has 0 aliphatic heterocycles. The van der Waals surface area contributed by atoms with Gasteiger partial charge >= 0.3 is 12.1 Å². The predicted molar refractivity (Wildman–Crippen MR) is 117 cm³/mol. The van der Waals surface area contributed by atoms with Crippen LogP contribution >= 0.6 is 0 Å². The number of halogens is 3. The fourth-order valence-electron chi connectivity index (χ4n) is 2.88. The number of methoxy groups -OCH3 is 1. The molecule has 8 nitrogen and oxygen atoms in total. The predicted octanol–water partition coefficient (Wildman–Crippen LogP) is 4.47. The number of hydrogen-bond donors (Lipinski definition) is 3. The molecular formula is C22H17F3N2O6S. The molecule has 12 heteroatoms. The number of ether oxygens (including phenoxy) is 1. The van der Waals surface area contributed by atoms with E-state index in [2.05, 4.69) is 10.0 Å². The Hall–Kier alpha value is -4.06. The molecule has 0 radical (unpaired) electrons. The molecule has 0 unspecified atom stereocenters. The number of nitrogens with one attached hydrogen (secondary N) is 2. The van der Waals surface area contributed by atoms with Crippen molar-refractivity contribution in [2.45, 2.75) is 11.1 Å². The molecule has 0 aromatic heterocycles. The van der Waals surface area contributed by atoms with Gasteiger partial charge in [-0.25, -0.2) is 13.2 Å². The normalized spacial score (nSPS) is 11.5. The maximum atomic E-state index is 12.7. The van der Waals surface area contributed by atoms with Gasteiger partial charge in [0.05, 0.1) is 28.8 Å². The Labute approximate surface area is 192 Å². The van der Waals surface area contributed by atoms with Gasteiger partial charge in [-0.1, -0.05) is 6.07 Å². The number of hydrogen-bond acceptors (Lipinski definition) is 5. The number of rotatable bonds is 7. The van der Waals surface area contributed by atoms with Crippen LogP contribution in [0, 0.1) is 0 Å². The van der Waals surface area contributed by atoms with E-state index in [0.29, 0.717) is 0 Å². The van der Waals surface area contributed by atoms with Crippen LogP contribution in [-0.2, 0) is 16.2 Å². The molecule has 0 saturated heterocycles. The molecule has 0 saturated carbocycles. The zero-order valence-corrected chi connectivity index (χ0v) is 18.2. The number of carboxylic acid groups (broad SMARTS) is 1. The summed E-state index contributed by atoms with van der Waals surface area (Å²) in [5.74, 6) is -1.83. The number of alkyl halides is 3. The zero-order chi connectivity index (χ0) is 25.1. The molecule has 0 aliphatic carbocycles. The molecular weight excluding hydrogens is 477 g/mol. The summed E-state index contributed by atoms with van der Waals surface area (Å²) >= 11 is 0. The van der Waals surface area contributed by atoms with Crippen molar-refractivity contribution in [2.24, 2.45) is 0 Å². The highest BCUT2D eigenvalue weighted by atomic mass is 32.2. The monoisotopic (exact) mass is 494 g/mol. The fraction of sp³-hybridized carbons (Fsp3) is 0.0909. The van der Waals surface area contributed by atoms with Crippen LogP contribution in [0.1, 0.15) is 26.3 Å². The number of aromatic carboxylic acids is 1. The van der Waals surface area contributed by atoms with E-state index in [1.807, 2.05) is 0 Å². The molecule has 0 heterocycles. The minimum atomic E-state index is -4.57. The van der Waals surface area contributed by atoms with Gasteiger partial charge in [0.2, 0.25) is 0 Å². The first-order valence-electron chi connectivity index (χ1n) is 9.43. The summed E-state index contributed by atoms with van der Waals surface area (Å²) in [6.45, 7) is 0. The van der Waals surface area contributed by atoms with Crippen LogP contribution in [0.4, 0.5) is 24.5 Å². The van der Waals surface area contributed by atoms with Gasteiger partial charge in [-0.3, -0.25) is 9.52 Å². The Morgan fingerprint density at radius 2 is 1.65 bits per heavy atom. The van der Waals surface area contributed by atoms with Crippen LogP contribution < -0.4 is 14.8 Å². The van der Waals surface area contributed by atoms with Crippen molar-refractivity contribution in [2.75, 3.05) is 17.1 Å². The van der Waals surface area contributed by atoms with E-state index in [1.54, 1.807) is 0 Å². The Morgan fingerprint density at radius 1 is 0.971 bits per heavy atom. The van der Waals surface area contributed by atoms with Crippen LogP contribution in [0.5, 0.6) is 5.75 Å². The maximum Gasteiger partial charge on any atom is 0.416 e. The molecule has 3 aromatic carbocycles. The van der Waals surface area contributed by atoms with E-state index in [1.165, 1.54) is 43.5 Å². The van der Waals surface area contributed by atoms with Gasteiger partial charge in [-0.2, -0.15) is 13.2 Å². The van der Waals surface area contributed by atoms with Crippen molar-refractivity contribution >= 4 is 33.3 Å². The van der Waals surface area contributed by atoms with Crippen LogP contribution in [-0.4, -0.2) is 32.5 Å². The molecule has 0 fully saturated rings. The molecule has 0 bridgehead atoms. The van der Waals surface area contributed by atoms with Gasteiger partial charge in [-0.15, -0.1) is 0 Å². The second-order valence-electron chi connectivity index (χ2n) is 6.88. The van der Waals surface area contributed by atoms with Gasteiger partial charge in [-0.05, 0) is 60.7 Å². The first kappa shape index (κ1) is 24.6.